The molecular formula is C12H23F3N2O. The molecule has 0 aromatic carbocycles. The van der Waals surface area contributed by atoms with Crippen molar-refractivity contribution < 1.29 is 18.3 Å². The quantitative estimate of drug-likeness (QED) is 0.771. The molecule has 1 aliphatic rings. The lowest BCUT2D eigenvalue weighted by molar-refractivity contribution is -0.150. The maximum absolute atomic E-state index is 12.5. The third-order valence-electron chi connectivity index (χ3n) is 3.73. The minimum Gasteiger partial charge on any atom is -0.395 e. The predicted molar refractivity (Wildman–Crippen MR) is 64.2 cm³/mol. The van der Waals surface area contributed by atoms with Crippen LogP contribution in [0.5, 0.6) is 0 Å². The van der Waals surface area contributed by atoms with Crippen LogP contribution in [0.1, 0.15) is 32.1 Å². The SMILES string of the molecule is NCC1(CN(CCO)CC(F)(F)F)CCCCC1. The van der Waals surface area contributed by atoms with E-state index in [9.17, 15) is 13.2 Å². The average molecular weight is 268 g/mol. The molecule has 6 heteroatoms. The van der Waals surface area contributed by atoms with E-state index in [0.29, 0.717) is 13.1 Å². The smallest absolute Gasteiger partial charge is 0.395 e. The molecule has 0 radical (unpaired) electrons. The first kappa shape index (κ1) is 15.7. The minimum atomic E-state index is -4.22. The number of hydrogen-bond acceptors (Lipinski definition) is 3. The Labute approximate surface area is 106 Å². The maximum atomic E-state index is 12.5. The fourth-order valence-electron chi connectivity index (χ4n) is 2.81. The van der Waals surface area contributed by atoms with Crippen molar-refractivity contribution in [1.29, 1.82) is 0 Å². The lowest BCUT2D eigenvalue weighted by Crippen LogP contribution is -2.47. The molecule has 1 saturated carbocycles. The summed E-state index contributed by atoms with van der Waals surface area (Å²) in [6.45, 7) is -0.399. The molecule has 0 atom stereocenters. The van der Waals surface area contributed by atoms with E-state index in [0.717, 1.165) is 32.1 Å². The highest BCUT2D eigenvalue weighted by Gasteiger charge is 2.36. The Balaban J connectivity index is 2.62. The standard InChI is InChI=1S/C12H23F3N2O/c13-12(14,15)10-17(6-7-18)9-11(8-16)4-2-1-3-5-11/h18H,1-10,16H2. The van der Waals surface area contributed by atoms with Gasteiger partial charge in [-0.3, -0.25) is 4.90 Å². The van der Waals surface area contributed by atoms with Gasteiger partial charge in [0.1, 0.15) is 0 Å². The van der Waals surface area contributed by atoms with E-state index in [1.165, 1.54) is 4.90 Å². The molecule has 3 N–H and O–H groups in total. The molecule has 0 aliphatic heterocycles. The summed E-state index contributed by atoms with van der Waals surface area (Å²) >= 11 is 0. The Kier molecular flexibility index (Phi) is 5.88. The van der Waals surface area contributed by atoms with Crippen LogP contribution < -0.4 is 5.73 Å². The summed E-state index contributed by atoms with van der Waals surface area (Å²) in [5.74, 6) is 0. The second kappa shape index (κ2) is 6.73. The summed E-state index contributed by atoms with van der Waals surface area (Å²) in [5, 5.41) is 8.88. The van der Waals surface area contributed by atoms with Crippen LogP contribution in [0.4, 0.5) is 13.2 Å². The molecule has 0 unspecified atom stereocenters. The van der Waals surface area contributed by atoms with Crippen molar-refractivity contribution >= 4 is 0 Å². The topological polar surface area (TPSA) is 49.5 Å². The van der Waals surface area contributed by atoms with E-state index in [1.807, 2.05) is 0 Å². The summed E-state index contributed by atoms with van der Waals surface area (Å²) < 4.78 is 37.4. The van der Waals surface area contributed by atoms with Gasteiger partial charge in [-0.25, -0.2) is 0 Å². The fraction of sp³-hybridized carbons (Fsp3) is 1.00. The van der Waals surface area contributed by atoms with E-state index in [2.05, 4.69) is 0 Å². The van der Waals surface area contributed by atoms with E-state index >= 15 is 0 Å². The molecule has 0 saturated heterocycles. The molecule has 0 aromatic rings. The first-order valence-corrected chi connectivity index (χ1v) is 6.51. The summed E-state index contributed by atoms with van der Waals surface area (Å²) in [6.07, 6.45) is 0.777. The number of nitrogens with zero attached hydrogens (tertiary/aromatic N) is 1. The summed E-state index contributed by atoms with van der Waals surface area (Å²) in [5.41, 5.74) is 5.58. The molecule has 0 bridgehead atoms. The first-order valence-electron chi connectivity index (χ1n) is 6.51. The molecule has 0 amide bonds. The third kappa shape index (κ3) is 5.12. The molecule has 108 valence electrons. The highest BCUT2D eigenvalue weighted by atomic mass is 19.4. The molecule has 0 aromatic heterocycles. The van der Waals surface area contributed by atoms with Crippen molar-refractivity contribution in [1.82, 2.24) is 4.90 Å². The summed E-state index contributed by atoms with van der Waals surface area (Å²) in [7, 11) is 0. The zero-order valence-electron chi connectivity index (χ0n) is 10.7. The molecule has 1 aliphatic carbocycles. The van der Waals surface area contributed by atoms with E-state index in [1.54, 1.807) is 0 Å². The third-order valence-corrected chi connectivity index (χ3v) is 3.73. The monoisotopic (exact) mass is 268 g/mol. The molecular weight excluding hydrogens is 245 g/mol. The molecule has 0 heterocycles. The maximum Gasteiger partial charge on any atom is 0.401 e. The Morgan fingerprint density at radius 3 is 2.22 bits per heavy atom. The second-order valence-electron chi connectivity index (χ2n) is 5.31. The van der Waals surface area contributed by atoms with Gasteiger partial charge in [-0.1, -0.05) is 19.3 Å². The number of nitrogens with two attached hydrogens (primary N) is 1. The van der Waals surface area contributed by atoms with Gasteiger partial charge in [0.15, 0.2) is 0 Å². The van der Waals surface area contributed by atoms with Crippen molar-refractivity contribution in [2.45, 2.75) is 38.3 Å². The van der Waals surface area contributed by atoms with E-state index < -0.39 is 12.7 Å². The van der Waals surface area contributed by atoms with Crippen molar-refractivity contribution in [2.24, 2.45) is 11.1 Å². The normalized spacial score (nSPS) is 20.3. The number of aliphatic hydroxyl groups excluding tert-OH is 1. The van der Waals surface area contributed by atoms with Crippen LogP contribution in [-0.2, 0) is 0 Å². The fourth-order valence-corrected chi connectivity index (χ4v) is 2.81. The second-order valence-corrected chi connectivity index (χ2v) is 5.31. The van der Waals surface area contributed by atoms with Gasteiger partial charge in [-0.2, -0.15) is 13.2 Å². The lowest BCUT2D eigenvalue weighted by Gasteiger charge is -2.40. The van der Waals surface area contributed by atoms with Gasteiger partial charge in [0.05, 0.1) is 13.2 Å². The Morgan fingerprint density at radius 1 is 1.17 bits per heavy atom. The van der Waals surface area contributed by atoms with Gasteiger partial charge in [0, 0.05) is 13.1 Å². The zero-order chi connectivity index (χ0) is 13.6. The Bertz CT molecular complexity index is 240. The summed E-state index contributed by atoms with van der Waals surface area (Å²) in [6, 6.07) is 0. The Morgan fingerprint density at radius 2 is 1.78 bits per heavy atom. The molecule has 3 nitrogen and oxygen atoms in total. The number of hydrogen-bond donors (Lipinski definition) is 2. The number of alkyl halides is 3. The van der Waals surface area contributed by atoms with Gasteiger partial charge in [0.2, 0.25) is 0 Å². The van der Waals surface area contributed by atoms with Gasteiger partial charge in [-0.15, -0.1) is 0 Å². The van der Waals surface area contributed by atoms with Crippen LogP contribution in [0.15, 0.2) is 0 Å². The highest BCUT2D eigenvalue weighted by molar-refractivity contribution is 4.87. The lowest BCUT2D eigenvalue weighted by atomic mass is 9.73. The minimum absolute atomic E-state index is 0.0568. The highest BCUT2D eigenvalue weighted by Crippen LogP contribution is 2.36. The van der Waals surface area contributed by atoms with E-state index in [-0.39, 0.29) is 18.6 Å². The average Bonchev–Trinajstić information content (AvgIpc) is 2.28. The number of halogens is 3. The number of aliphatic hydroxyl groups is 1. The van der Waals surface area contributed by atoms with Crippen molar-refractivity contribution in [2.75, 3.05) is 32.8 Å². The molecule has 0 spiro atoms. The van der Waals surface area contributed by atoms with Gasteiger partial charge in [0.25, 0.3) is 0 Å². The van der Waals surface area contributed by atoms with Gasteiger partial charge in [-0.05, 0) is 24.8 Å². The van der Waals surface area contributed by atoms with Crippen molar-refractivity contribution in [3.8, 4) is 0 Å². The molecule has 1 fully saturated rings. The molecule has 18 heavy (non-hydrogen) atoms. The largest absolute Gasteiger partial charge is 0.401 e. The van der Waals surface area contributed by atoms with Crippen LogP contribution in [-0.4, -0.2) is 49.0 Å². The van der Waals surface area contributed by atoms with Crippen LogP contribution in [0.2, 0.25) is 0 Å². The van der Waals surface area contributed by atoms with Crippen LogP contribution >= 0.6 is 0 Å². The van der Waals surface area contributed by atoms with Gasteiger partial charge < -0.3 is 10.8 Å². The van der Waals surface area contributed by atoms with Gasteiger partial charge >= 0.3 is 6.18 Å². The summed E-state index contributed by atoms with van der Waals surface area (Å²) in [4.78, 5) is 1.29. The zero-order valence-corrected chi connectivity index (χ0v) is 10.7. The first-order chi connectivity index (χ1) is 8.41. The van der Waals surface area contributed by atoms with Crippen LogP contribution in [0.25, 0.3) is 0 Å². The van der Waals surface area contributed by atoms with Crippen molar-refractivity contribution in [3.63, 3.8) is 0 Å². The van der Waals surface area contributed by atoms with Crippen molar-refractivity contribution in [3.05, 3.63) is 0 Å². The van der Waals surface area contributed by atoms with Crippen LogP contribution in [0, 0.1) is 5.41 Å². The van der Waals surface area contributed by atoms with E-state index in [4.69, 9.17) is 10.8 Å². The van der Waals surface area contributed by atoms with Crippen LogP contribution in [0.3, 0.4) is 0 Å². The predicted octanol–water partition coefficient (Wildman–Crippen LogP) is 1.75. The molecule has 1 rings (SSSR count). The Hall–Kier alpha value is -0.330. The number of rotatable bonds is 6.